The normalized spacial score (nSPS) is 16.6. The Labute approximate surface area is 172 Å². The fraction of sp³-hybridized carbons (Fsp3) is 0.409. The number of hydrogen-bond donors (Lipinski definition) is 1. The van der Waals surface area contributed by atoms with Gasteiger partial charge in [-0.05, 0) is 37.6 Å². The first-order valence-electron chi connectivity index (χ1n) is 9.62. The van der Waals surface area contributed by atoms with Crippen LogP contribution in [-0.2, 0) is 11.3 Å². The summed E-state index contributed by atoms with van der Waals surface area (Å²) in [6.07, 6.45) is 0. The average molecular weight is 402 g/mol. The predicted octanol–water partition coefficient (Wildman–Crippen LogP) is 3.80. The highest BCUT2D eigenvalue weighted by atomic mass is 35.5. The molecule has 0 radical (unpaired) electrons. The van der Waals surface area contributed by atoms with Gasteiger partial charge in [0.05, 0.1) is 18.8 Å². The highest BCUT2D eigenvalue weighted by Gasteiger charge is 2.26. The summed E-state index contributed by atoms with van der Waals surface area (Å²) in [5, 5.41) is 3.52. The van der Waals surface area contributed by atoms with Crippen molar-refractivity contribution >= 4 is 23.2 Å². The fourth-order valence-corrected chi connectivity index (χ4v) is 3.73. The molecule has 1 saturated heterocycles. The summed E-state index contributed by atoms with van der Waals surface area (Å²) in [5.74, 6) is 0.556. The third-order valence-electron chi connectivity index (χ3n) is 5.24. The average Bonchev–Trinajstić information content (AvgIpc) is 2.68. The SMILES string of the molecule is COc1ccc(Cl)cc1NC(=O)C(C)N1CCN(Cc2cccc(C)c2)CC1. The molecular weight excluding hydrogens is 374 g/mol. The monoisotopic (exact) mass is 401 g/mol. The van der Waals surface area contributed by atoms with Crippen LogP contribution in [0.1, 0.15) is 18.1 Å². The molecule has 0 saturated carbocycles. The van der Waals surface area contributed by atoms with E-state index in [2.05, 4.69) is 46.3 Å². The Bertz CT molecular complexity index is 819. The summed E-state index contributed by atoms with van der Waals surface area (Å²) in [4.78, 5) is 17.4. The van der Waals surface area contributed by atoms with Crippen LogP contribution in [0.5, 0.6) is 5.75 Å². The van der Waals surface area contributed by atoms with Crippen molar-refractivity contribution in [2.24, 2.45) is 0 Å². The molecule has 0 aliphatic carbocycles. The van der Waals surface area contributed by atoms with E-state index in [1.165, 1.54) is 11.1 Å². The Balaban J connectivity index is 1.54. The number of methoxy groups -OCH3 is 1. The third-order valence-corrected chi connectivity index (χ3v) is 5.48. The van der Waals surface area contributed by atoms with Crippen molar-refractivity contribution < 1.29 is 9.53 Å². The lowest BCUT2D eigenvalue weighted by molar-refractivity contribution is -0.121. The van der Waals surface area contributed by atoms with Gasteiger partial charge >= 0.3 is 0 Å². The molecule has 5 nitrogen and oxygen atoms in total. The minimum Gasteiger partial charge on any atom is -0.495 e. The molecule has 1 fully saturated rings. The molecule has 1 N–H and O–H groups in total. The van der Waals surface area contributed by atoms with E-state index in [0.717, 1.165) is 32.7 Å². The number of hydrogen-bond acceptors (Lipinski definition) is 4. The van der Waals surface area contributed by atoms with Gasteiger partial charge in [-0.15, -0.1) is 0 Å². The van der Waals surface area contributed by atoms with E-state index in [1.807, 2.05) is 6.92 Å². The molecule has 0 aromatic heterocycles. The molecule has 0 bridgehead atoms. The number of anilines is 1. The Morgan fingerprint density at radius 2 is 1.93 bits per heavy atom. The molecule has 2 aromatic rings. The molecule has 1 amide bonds. The maximum absolute atomic E-state index is 12.7. The van der Waals surface area contributed by atoms with Crippen LogP contribution in [0.2, 0.25) is 5.02 Å². The van der Waals surface area contributed by atoms with Crippen molar-refractivity contribution in [3.63, 3.8) is 0 Å². The van der Waals surface area contributed by atoms with Gasteiger partial charge < -0.3 is 10.1 Å². The minimum absolute atomic E-state index is 0.0484. The summed E-state index contributed by atoms with van der Waals surface area (Å²) in [5.41, 5.74) is 3.23. The summed E-state index contributed by atoms with van der Waals surface area (Å²) in [7, 11) is 1.58. The first kappa shape index (κ1) is 20.6. The molecule has 1 heterocycles. The van der Waals surface area contributed by atoms with Crippen LogP contribution in [-0.4, -0.2) is 55.0 Å². The number of rotatable bonds is 6. The lowest BCUT2D eigenvalue weighted by atomic mass is 10.1. The van der Waals surface area contributed by atoms with Gasteiger partial charge in [0.25, 0.3) is 0 Å². The highest BCUT2D eigenvalue weighted by molar-refractivity contribution is 6.31. The van der Waals surface area contributed by atoms with E-state index in [4.69, 9.17) is 16.3 Å². The van der Waals surface area contributed by atoms with Crippen molar-refractivity contribution in [1.82, 2.24) is 9.80 Å². The summed E-state index contributed by atoms with van der Waals surface area (Å²) in [6, 6.07) is 13.6. The molecule has 6 heteroatoms. The Morgan fingerprint density at radius 1 is 1.18 bits per heavy atom. The maximum Gasteiger partial charge on any atom is 0.241 e. The summed E-state index contributed by atoms with van der Waals surface area (Å²) in [6.45, 7) is 8.66. The van der Waals surface area contributed by atoms with E-state index < -0.39 is 0 Å². The number of nitrogens with zero attached hydrogens (tertiary/aromatic N) is 2. The number of halogens is 1. The third kappa shape index (κ3) is 5.25. The zero-order valence-electron chi connectivity index (χ0n) is 16.7. The number of ether oxygens (including phenoxy) is 1. The molecule has 0 spiro atoms. The van der Waals surface area contributed by atoms with Gasteiger partial charge in [0, 0.05) is 37.7 Å². The van der Waals surface area contributed by atoms with E-state index in [0.29, 0.717) is 16.5 Å². The van der Waals surface area contributed by atoms with Gasteiger partial charge in [-0.25, -0.2) is 0 Å². The van der Waals surface area contributed by atoms with Crippen molar-refractivity contribution in [1.29, 1.82) is 0 Å². The number of nitrogens with one attached hydrogen (secondary N) is 1. The number of carbonyl (C=O) groups excluding carboxylic acids is 1. The van der Waals surface area contributed by atoms with Crippen molar-refractivity contribution in [3.8, 4) is 5.75 Å². The Kier molecular flexibility index (Phi) is 6.94. The van der Waals surface area contributed by atoms with Gasteiger partial charge in [0.1, 0.15) is 5.75 Å². The minimum atomic E-state index is -0.218. The van der Waals surface area contributed by atoms with Crippen LogP contribution in [0, 0.1) is 6.92 Å². The maximum atomic E-state index is 12.7. The van der Waals surface area contributed by atoms with E-state index in [9.17, 15) is 4.79 Å². The van der Waals surface area contributed by atoms with Crippen molar-refractivity contribution in [3.05, 3.63) is 58.6 Å². The van der Waals surface area contributed by atoms with Gasteiger partial charge in [-0.3, -0.25) is 14.6 Å². The van der Waals surface area contributed by atoms with Crippen LogP contribution in [0.25, 0.3) is 0 Å². The van der Waals surface area contributed by atoms with Crippen molar-refractivity contribution in [2.45, 2.75) is 26.4 Å². The first-order chi connectivity index (χ1) is 13.5. The molecule has 28 heavy (non-hydrogen) atoms. The van der Waals surface area contributed by atoms with Gasteiger partial charge in [0.2, 0.25) is 5.91 Å². The molecule has 1 atom stereocenters. The molecular formula is C22H28ClN3O2. The lowest BCUT2D eigenvalue weighted by Gasteiger charge is -2.37. The lowest BCUT2D eigenvalue weighted by Crippen LogP contribution is -2.52. The number of aryl methyl sites for hydroxylation is 1. The van der Waals surface area contributed by atoms with Gasteiger partial charge in [-0.1, -0.05) is 41.4 Å². The van der Waals surface area contributed by atoms with Crippen LogP contribution in [0.15, 0.2) is 42.5 Å². The van der Waals surface area contributed by atoms with Crippen LogP contribution >= 0.6 is 11.6 Å². The second-order valence-electron chi connectivity index (χ2n) is 7.31. The van der Waals surface area contributed by atoms with Gasteiger partial charge in [0.15, 0.2) is 0 Å². The number of piperazine rings is 1. The van der Waals surface area contributed by atoms with E-state index >= 15 is 0 Å². The van der Waals surface area contributed by atoms with Crippen molar-refractivity contribution in [2.75, 3.05) is 38.6 Å². The molecule has 3 rings (SSSR count). The zero-order chi connectivity index (χ0) is 20.1. The molecule has 1 aliphatic rings. The van der Waals surface area contributed by atoms with Gasteiger partial charge in [-0.2, -0.15) is 0 Å². The number of benzene rings is 2. The smallest absolute Gasteiger partial charge is 0.241 e. The second-order valence-corrected chi connectivity index (χ2v) is 7.75. The molecule has 1 aliphatic heterocycles. The van der Waals surface area contributed by atoms with E-state index in [-0.39, 0.29) is 11.9 Å². The second kappa shape index (κ2) is 9.41. The standard InChI is InChI=1S/C22H28ClN3O2/c1-16-5-4-6-18(13-16)15-25-9-11-26(12-10-25)17(2)22(27)24-20-14-19(23)7-8-21(20)28-3/h4-8,13-14,17H,9-12,15H2,1-3H3,(H,24,27). The molecule has 2 aromatic carbocycles. The highest BCUT2D eigenvalue weighted by Crippen LogP contribution is 2.28. The summed E-state index contributed by atoms with van der Waals surface area (Å²) < 4.78 is 5.31. The largest absolute Gasteiger partial charge is 0.495 e. The molecule has 1 unspecified atom stereocenters. The Hall–Kier alpha value is -2.08. The fourth-order valence-electron chi connectivity index (χ4n) is 3.56. The first-order valence-corrected chi connectivity index (χ1v) is 10.0. The van der Waals surface area contributed by atoms with Crippen LogP contribution < -0.4 is 10.1 Å². The predicted molar refractivity (Wildman–Crippen MR) is 114 cm³/mol. The molecule has 150 valence electrons. The quantitative estimate of drug-likeness (QED) is 0.799. The summed E-state index contributed by atoms with van der Waals surface area (Å²) >= 11 is 6.05. The topological polar surface area (TPSA) is 44.8 Å². The zero-order valence-corrected chi connectivity index (χ0v) is 17.5. The van der Waals surface area contributed by atoms with Crippen LogP contribution in [0.3, 0.4) is 0 Å². The van der Waals surface area contributed by atoms with E-state index in [1.54, 1.807) is 25.3 Å². The Morgan fingerprint density at radius 3 is 2.61 bits per heavy atom. The number of amides is 1. The van der Waals surface area contributed by atoms with Crippen LogP contribution in [0.4, 0.5) is 5.69 Å². The number of carbonyl (C=O) groups is 1.